The summed E-state index contributed by atoms with van der Waals surface area (Å²) in [7, 11) is 0. The third kappa shape index (κ3) is 3.00. The molecule has 0 unspecified atom stereocenters. The summed E-state index contributed by atoms with van der Waals surface area (Å²) in [5.41, 5.74) is 3.71. The molecule has 3 nitrogen and oxygen atoms in total. The first-order chi connectivity index (χ1) is 13.6. The van der Waals surface area contributed by atoms with Crippen LogP contribution >= 0.6 is 0 Å². The molecule has 3 aliphatic heterocycles. The predicted octanol–water partition coefficient (Wildman–Crippen LogP) is 1.32. The number of carbonyl (C=O) groups is 1. The number of nitrogens with zero attached hydrogens (tertiary/aromatic N) is 1. The molecule has 3 saturated heterocycles. The molecule has 6 rings (SSSR count). The average molecular weight is 454 g/mol. The van der Waals surface area contributed by atoms with Gasteiger partial charge in [0.1, 0.15) is 12.0 Å². The molecule has 3 fully saturated rings. The minimum absolute atomic E-state index is 0. The zero-order chi connectivity index (χ0) is 19.4. The van der Waals surface area contributed by atoms with Crippen LogP contribution in [-0.2, 0) is 14.9 Å². The fraction of sp³-hybridized carbons (Fsp3) is 0.400. The molecule has 29 heavy (non-hydrogen) atoms. The average Bonchev–Trinajstić information content (AvgIpc) is 2.99. The lowest BCUT2D eigenvalue weighted by molar-refractivity contribution is -0.941. The molecule has 1 aliphatic carbocycles. The van der Waals surface area contributed by atoms with Crippen LogP contribution in [0, 0.1) is 5.92 Å². The lowest BCUT2D eigenvalue weighted by Crippen LogP contribution is -3.00. The third-order valence-corrected chi connectivity index (χ3v) is 7.45. The van der Waals surface area contributed by atoms with E-state index in [2.05, 4.69) is 30.8 Å². The number of carbonyl (C=O) groups excluding carboxylic acids is 1. The van der Waals surface area contributed by atoms with E-state index < -0.39 is 5.41 Å². The number of esters is 1. The SMILES string of the molecule is C=CC[N+]12CCC(CC1)[C@@H](OC(=O)C1(C)c3ccccc3-c3ccccc31)C2.[Br-]. The maximum absolute atomic E-state index is 13.6. The second kappa shape index (κ2) is 7.41. The van der Waals surface area contributed by atoms with Crippen LogP contribution in [0.5, 0.6) is 0 Å². The molecule has 2 aromatic rings. The number of rotatable bonds is 4. The zero-order valence-corrected chi connectivity index (χ0v) is 18.5. The summed E-state index contributed by atoms with van der Waals surface area (Å²) in [6, 6.07) is 16.5. The molecular formula is C25H28BrNO2. The van der Waals surface area contributed by atoms with Gasteiger partial charge in [0.05, 0.1) is 19.6 Å². The Morgan fingerprint density at radius 1 is 1.10 bits per heavy atom. The summed E-state index contributed by atoms with van der Waals surface area (Å²) >= 11 is 0. The van der Waals surface area contributed by atoms with Gasteiger partial charge < -0.3 is 26.2 Å². The standard InChI is InChI=1S/C25H28NO2.BrH/c1-3-14-26-15-12-18(13-16-26)23(17-26)28-24(27)25(2)21-10-6-4-8-19(21)20-9-5-7-11-22(20)25;/h3-11,18,23H,1,12-17H2,2H3;1H/q+1;/p-1/t18?,23-,26?;/m0./s1. The fourth-order valence-electron chi connectivity index (χ4n) is 5.81. The Morgan fingerprint density at radius 3 is 2.21 bits per heavy atom. The van der Waals surface area contributed by atoms with Crippen molar-refractivity contribution in [1.82, 2.24) is 0 Å². The van der Waals surface area contributed by atoms with Gasteiger partial charge in [-0.1, -0.05) is 55.1 Å². The highest BCUT2D eigenvalue weighted by Gasteiger charge is 2.51. The van der Waals surface area contributed by atoms with E-state index in [1.165, 1.54) is 13.1 Å². The quantitative estimate of drug-likeness (QED) is 0.396. The Balaban J connectivity index is 0.00000205. The summed E-state index contributed by atoms with van der Waals surface area (Å²) in [4.78, 5) is 13.6. The fourth-order valence-corrected chi connectivity index (χ4v) is 5.81. The second-order valence-corrected chi connectivity index (χ2v) is 8.94. The van der Waals surface area contributed by atoms with E-state index in [9.17, 15) is 4.79 Å². The maximum atomic E-state index is 13.6. The molecule has 1 atom stereocenters. The van der Waals surface area contributed by atoms with E-state index in [0.29, 0.717) is 5.92 Å². The molecule has 4 heteroatoms. The van der Waals surface area contributed by atoms with Crippen molar-refractivity contribution < 1.29 is 31.0 Å². The molecule has 0 radical (unpaired) electrons. The molecule has 0 N–H and O–H groups in total. The van der Waals surface area contributed by atoms with Crippen LogP contribution in [0.15, 0.2) is 61.2 Å². The summed E-state index contributed by atoms with van der Waals surface area (Å²) in [6.07, 6.45) is 4.34. The van der Waals surface area contributed by atoms with Crippen LogP contribution in [0.3, 0.4) is 0 Å². The van der Waals surface area contributed by atoms with Gasteiger partial charge in [0.25, 0.3) is 0 Å². The largest absolute Gasteiger partial charge is 1.00 e. The second-order valence-electron chi connectivity index (χ2n) is 8.94. The van der Waals surface area contributed by atoms with Crippen LogP contribution in [0.25, 0.3) is 11.1 Å². The molecule has 3 heterocycles. The smallest absolute Gasteiger partial charge is 0.321 e. The first-order valence-electron chi connectivity index (χ1n) is 10.4. The van der Waals surface area contributed by atoms with Gasteiger partial charge in [-0.3, -0.25) is 4.79 Å². The maximum Gasteiger partial charge on any atom is 0.321 e. The molecular weight excluding hydrogens is 426 g/mol. The number of ether oxygens (including phenoxy) is 1. The van der Waals surface area contributed by atoms with E-state index in [0.717, 1.165) is 52.7 Å². The Morgan fingerprint density at radius 2 is 1.66 bits per heavy atom. The van der Waals surface area contributed by atoms with E-state index in [1.807, 2.05) is 37.3 Å². The van der Waals surface area contributed by atoms with Crippen LogP contribution in [0.4, 0.5) is 0 Å². The molecule has 2 aromatic carbocycles. The number of hydrogen-bond acceptors (Lipinski definition) is 2. The molecule has 0 saturated carbocycles. The summed E-state index contributed by atoms with van der Waals surface area (Å²) in [5.74, 6) is 0.407. The number of benzene rings is 2. The Kier molecular flexibility index (Phi) is 5.20. The number of hydrogen-bond donors (Lipinski definition) is 0. The van der Waals surface area contributed by atoms with E-state index in [-0.39, 0.29) is 29.1 Å². The predicted molar refractivity (Wildman–Crippen MR) is 111 cm³/mol. The van der Waals surface area contributed by atoms with Crippen molar-refractivity contribution in [2.45, 2.75) is 31.3 Å². The molecule has 4 aliphatic rings. The highest BCUT2D eigenvalue weighted by atomic mass is 79.9. The zero-order valence-electron chi connectivity index (χ0n) is 16.9. The molecule has 152 valence electrons. The van der Waals surface area contributed by atoms with Gasteiger partial charge in [-0.15, -0.1) is 0 Å². The Labute approximate surface area is 183 Å². The molecule has 0 spiro atoms. The van der Waals surface area contributed by atoms with Gasteiger partial charge in [0, 0.05) is 18.8 Å². The van der Waals surface area contributed by atoms with Gasteiger partial charge in [-0.2, -0.15) is 0 Å². The van der Waals surface area contributed by atoms with Gasteiger partial charge in [-0.25, -0.2) is 0 Å². The lowest BCUT2D eigenvalue weighted by Gasteiger charge is -2.52. The van der Waals surface area contributed by atoms with E-state index in [4.69, 9.17) is 4.74 Å². The normalized spacial score (nSPS) is 28.0. The molecule has 0 amide bonds. The lowest BCUT2D eigenvalue weighted by atomic mass is 9.79. The van der Waals surface area contributed by atoms with Crippen molar-refractivity contribution >= 4 is 5.97 Å². The van der Waals surface area contributed by atoms with Crippen LogP contribution in [0.2, 0.25) is 0 Å². The number of quaternary nitrogens is 1. The van der Waals surface area contributed by atoms with Crippen LogP contribution in [0.1, 0.15) is 30.9 Å². The van der Waals surface area contributed by atoms with Gasteiger partial charge in [0.15, 0.2) is 6.10 Å². The Bertz CT molecular complexity index is 900. The highest BCUT2D eigenvalue weighted by molar-refractivity contribution is 5.97. The van der Waals surface area contributed by atoms with Crippen molar-refractivity contribution in [3.8, 4) is 11.1 Å². The summed E-state index contributed by atoms with van der Waals surface area (Å²) in [5, 5.41) is 0. The van der Waals surface area contributed by atoms with Crippen molar-refractivity contribution in [3.05, 3.63) is 72.3 Å². The van der Waals surface area contributed by atoms with Crippen LogP contribution < -0.4 is 17.0 Å². The van der Waals surface area contributed by atoms with Crippen LogP contribution in [-0.4, -0.2) is 42.7 Å². The highest BCUT2D eigenvalue weighted by Crippen LogP contribution is 2.50. The van der Waals surface area contributed by atoms with E-state index >= 15 is 0 Å². The summed E-state index contributed by atoms with van der Waals surface area (Å²) in [6.45, 7) is 10.3. The van der Waals surface area contributed by atoms with Crippen molar-refractivity contribution in [3.63, 3.8) is 0 Å². The number of fused-ring (bicyclic) bond motifs is 6. The van der Waals surface area contributed by atoms with Crippen molar-refractivity contribution in [2.24, 2.45) is 5.92 Å². The van der Waals surface area contributed by atoms with Gasteiger partial charge in [0.2, 0.25) is 0 Å². The Hall–Kier alpha value is -1.91. The van der Waals surface area contributed by atoms with Crippen molar-refractivity contribution in [2.75, 3.05) is 26.2 Å². The number of halogens is 1. The van der Waals surface area contributed by atoms with Gasteiger partial charge >= 0.3 is 5.97 Å². The monoisotopic (exact) mass is 453 g/mol. The number of piperidine rings is 3. The minimum atomic E-state index is -0.734. The minimum Gasteiger partial charge on any atom is -1.00 e. The summed E-state index contributed by atoms with van der Waals surface area (Å²) < 4.78 is 7.34. The van der Waals surface area contributed by atoms with E-state index in [1.54, 1.807) is 0 Å². The topological polar surface area (TPSA) is 26.3 Å². The first kappa shape index (κ1) is 20.4. The molecule has 2 bridgehead atoms. The first-order valence-corrected chi connectivity index (χ1v) is 10.4. The van der Waals surface area contributed by atoms with Gasteiger partial charge in [-0.05, 0) is 35.3 Å². The molecule has 0 aromatic heterocycles. The van der Waals surface area contributed by atoms with Crippen molar-refractivity contribution in [1.29, 1.82) is 0 Å². The third-order valence-electron chi connectivity index (χ3n) is 7.45.